The van der Waals surface area contributed by atoms with Gasteiger partial charge in [-0.15, -0.1) is 0 Å². The van der Waals surface area contributed by atoms with Gasteiger partial charge in [0.15, 0.2) is 0 Å². The van der Waals surface area contributed by atoms with Crippen LogP contribution in [0.5, 0.6) is 0 Å². The van der Waals surface area contributed by atoms with Crippen LogP contribution in [0.1, 0.15) is 5.56 Å². The number of benzene rings is 3. The maximum atomic E-state index is 13.6. The first-order chi connectivity index (χ1) is 17.2. The summed E-state index contributed by atoms with van der Waals surface area (Å²) in [4.78, 5) is 17.0. The molecular formula is C29H26FN5. The molecule has 0 radical (unpaired) electrons. The van der Waals surface area contributed by atoms with Gasteiger partial charge in [-0.1, -0.05) is 36.4 Å². The lowest BCUT2D eigenvalue weighted by Gasteiger charge is -2.36. The molecule has 1 aliphatic rings. The first kappa shape index (κ1) is 21.5. The van der Waals surface area contributed by atoms with E-state index in [-0.39, 0.29) is 5.82 Å². The molecule has 3 heterocycles. The summed E-state index contributed by atoms with van der Waals surface area (Å²) >= 11 is 0. The third-order valence-corrected chi connectivity index (χ3v) is 6.65. The average molecular weight is 464 g/mol. The van der Waals surface area contributed by atoms with Crippen molar-refractivity contribution in [2.24, 2.45) is 0 Å². The molecule has 0 amide bonds. The Morgan fingerprint density at radius 2 is 1.51 bits per heavy atom. The number of aromatic nitrogens is 3. The number of rotatable bonds is 5. The summed E-state index contributed by atoms with van der Waals surface area (Å²) in [6.45, 7) is 5.05. The van der Waals surface area contributed by atoms with Crippen molar-refractivity contribution < 1.29 is 4.39 Å². The summed E-state index contributed by atoms with van der Waals surface area (Å²) in [5.74, 6) is 0.479. The number of halogens is 1. The molecule has 1 aliphatic heterocycles. The lowest BCUT2D eigenvalue weighted by atomic mass is 10.0. The van der Waals surface area contributed by atoms with E-state index in [0.29, 0.717) is 5.52 Å². The second-order valence-electron chi connectivity index (χ2n) is 9.00. The van der Waals surface area contributed by atoms with Crippen molar-refractivity contribution >= 4 is 16.7 Å². The van der Waals surface area contributed by atoms with Gasteiger partial charge in [0, 0.05) is 56.4 Å². The van der Waals surface area contributed by atoms with Gasteiger partial charge in [0.1, 0.15) is 11.6 Å². The minimum Gasteiger partial charge on any atom is -0.369 e. The fourth-order valence-electron chi connectivity index (χ4n) is 4.79. The van der Waals surface area contributed by atoms with Crippen molar-refractivity contribution in [3.8, 4) is 22.5 Å². The minimum atomic E-state index is -0.267. The third-order valence-electron chi connectivity index (χ3n) is 6.65. The van der Waals surface area contributed by atoms with Crippen molar-refractivity contribution in [1.82, 2.24) is 19.9 Å². The molecule has 0 spiro atoms. The van der Waals surface area contributed by atoms with Gasteiger partial charge < -0.3 is 9.88 Å². The van der Waals surface area contributed by atoms with Crippen LogP contribution in [0.25, 0.3) is 33.5 Å². The number of fused-ring (bicyclic) bond motifs is 1. The smallest absolute Gasteiger partial charge is 0.138 e. The highest BCUT2D eigenvalue weighted by Gasteiger charge is 2.17. The molecule has 0 bridgehead atoms. The van der Waals surface area contributed by atoms with Crippen LogP contribution >= 0.6 is 0 Å². The summed E-state index contributed by atoms with van der Waals surface area (Å²) < 4.78 is 13.6. The summed E-state index contributed by atoms with van der Waals surface area (Å²) in [5, 5.41) is 0. The van der Waals surface area contributed by atoms with Gasteiger partial charge >= 0.3 is 0 Å². The zero-order valence-corrected chi connectivity index (χ0v) is 19.4. The third kappa shape index (κ3) is 4.66. The number of H-pyrrole nitrogens is 1. The van der Waals surface area contributed by atoms with Crippen LogP contribution in [0.4, 0.5) is 10.1 Å². The molecule has 6 rings (SSSR count). The molecule has 5 nitrogen and oxygen atoms in total. The van der Waals surface area contributed by atoms with Crippen molar-refractivity contribution in [3.63, 3.8) is 0 Å². The molecule has 0 aliphatic carbocycles. The summed E-state index contributed by atoms with van der Waals surface area (Å²) in [6.07, 6.45) is 3.71. The molecule has 1 fully saturated rings. The molecule has 0 saturated carbocycles. The Balaban J connectivity index is 1.17. The van der Waals surface area contributed by atoms with Crippen molar-refractivity contribution in [3.05, 3.63) is 103 Å². The minimum absolute atomic E-state index is 0.267. The number of imidazole rings is 1. The van der Waals surface area contributed by atoms with Gasteiger partial charge in [-0.3, -0.25) is 9.88 Å². The Morgan fingerprint density at radius 3 is 2.34 bits per heavy atom. The number of anilines is 1. The standard InChI is InChI=1S/C29H26FN5/c30-25-7-8-27-28(19-25)33-29(32-27)24-6-2-5-23(18-24)22-4-1-3-21(17-22)20-34-13-15-35(16-14-34)26-9-11-31-12-10-26/h1-12,17-19H,13-16,20H2,(H,32,33). The van der Waals surface area contributed by atoms with Gasteiger partial charge in [0.05, 0.1) is 11.0 Å². The molecular weight excluding hydrogens is 437 g/mol. The Kier molecular flexibility index (Phi) is 5.72. The van der Waals surface area contributed by atoms with Gasteiger partial charge in [-0.05, 0) is 59.2 Å². The molecule has 3 aromatic carbocycles. The fraction of sp³-hybridized carbons (Fsp3) is 0.172. The number of piperazine rings is 1. The number of pyridine rings is 1. The Labute approximate surface area is 203 Å². The Hall–Kier alpha value is -4.03. The fourth-order valence-corrected chi connectivity index (χ4v) is 4.79. The number of nitrogens with zero attached hydrogens (tertiary/aromatic N) is 4. The zero-order valence-electron chi connectivity index (χ0n) is 19.4. The highest BCUT2D eigenvalue weighted by atomic mass is 19.1. The van der Waals surface area contributed by atoms with Gasteiger partial charge in [0.25, 0.3) is 0 Å². The van der Waals surface area contributed by atoms with Crippen LogP contribution in [-0.2, 0) is 6.54 Å². The maximum Gasteiger partial charge on any atom is 0.138 e. The van der Waals surface area contributed by atoms with Gasteiger partial charge in [-0.25, -0.2) is 9.37 Å². The highest BCUT2D eigenvalue weighted by Crippen LogP contribution is 2.28. The lowest BCUT2D eigenvalue weighted by molar-refractivity contribution is 0.250. The van der Waals surface area contributed by atoms with E-state index in [1.807, 2.05) is 24.5 Å². The average Bonchev–Trinajstić information content (AvgIpc) is 3.33. The first-order valence-electron chi connectivity index (χ1n) is 11.9. The number of hydrogen-bond acceptors (Lipinski definition) is 4. The Bertz CT molecular complexity index is 1450. The summed E-state index contributed by atoms with van der Waals surface area (Å²) in [7, 11) is 0. The van der Waals surface area contributed by atoms with Crippen molar-refractivity contribution in [2.75, 3.05) is 31.1 Å². The SMILES string of the molecule is Fc1ccc2nc(-c3cccc(-c4cccc(CN5CCN(c6ccncc6)CC5)c4)c3)[nH]c2c1. The first-order valence-corrected chi connectivity index (χ1v) is 11.9. The van der Waals surface area contributed by atoms with E-state index in [0.717, 1.165) is 55.2 Å². The van der Waals surface area contributed by atoms with E-state index in [9.17, 15) is 4.39 Å². The highest BCUT2D eigenvalue weighted by molar-refractivity contribution is 5.80. The number of hydrogen-bond donors (Lipinski definition) is 1. The van der Waals surface area contributed by atoms with Crippen molar-refractivity contribution in [2.45, 2.75) is 6.54 Å². The monoisotopic (exact) mass is 463 g/mol. The van der Waals surface area contributed by atoms with E-state index in [1.165, 1.54) is 28.9 Å². The van der Waals surface area contributed by atoms with Crippen LogP contribution in [0.2, 0.25) is 0 Å². The molecule has 5 aromatic rings. The predicted octanol–water partition coefficient (Wildman–Crippen LogP) is 5.75. The molecule has 1 N–H and O–H groups in total. The number of aromatic amines is 1. The zero-order chi connectivity index (χ0) is 23.6. The van der Waals surface area contributed by atoms with Gasteiger partial charge in [-0.2, -0.15) is 0 Å². The molecule has 35 heavy (non-hydrogen) atoms. The molecule has 1 saturated heterocycles. The molecule has 2 aromatic heterocycles. The predicted molar refractivity (Wildman–Crippen MR) is 139 cm³/mol. The van der Waals surface area contributed by atoms with Gasteiger partial charge in [0.2, 0.25) is 0 Å². The van der Waals surface area contributed by atoms with E-state index in [4.69, 9.17) is 0 Å². The normalized spacial score (nSPS) is 14.5. The van der Waals surface area contributed by atoms with Crippen LogP contribution in [-0.4, -0.2) is 46.0 Å². The molecule has 0 atom stereocenters. The molecule has 174 valence electrons. The quantitative estimate of drug-likeness (QED) is 0.360. The second kappa shape index (κ2) is 9.31. The van der Waals surface area contributed by atoms with E-state index in [2.05, 4.69) is 73.3 Å². The van der Waals surface area contributed by atoms with Crippen LogP contribution in [0.15, 0.2) is 91.3 Å². The topological polar surface area (TPSA) is 48.1 Å². The summed E-state index contributed by atoms with van der Waals surface area (Å²) in [5.41, 5.74) is 7.33. The lowest BCUT2D eigenvalue weighted by Crippen LogP contribution is -2.45. The Morgan fingerprint density at radius 1 is 0.771 bits per heavy atom. The number of nitrogens with one attached hydrogen (secondary N) is 1. The molecule has 0 unspecified atom stereocenters. The molecule has 6 heteroatoms. The van der Waals surface area contributed by atoms with E-state index in [1.54, 1.807) is 6.07 Å². The maximum absolute atomic E-state index is 13.6. The van der Waals surface area contributed by atoms with E-state index < -0.39 is 0 Å². The van der Waals surface area contributed by atoms with Crippen molar-refractivity contribution in [1.29, 1.82) is 0 Å². The van der Waals surface area contributed by atoms with Crippen LogP contribution < -0.4 is 4.90 Å². The van der Waals surface area contributed by atoms with Crippen LogP contribution in [0, 0.1) is 5.82 Å². The largest absolute Gasteiger partial charge is 0.369 e. The van der Waals surface area contributed by atoms with Crippen LogP contribution in [0.3, 0.4) is 0 Å². The second-order valence-corrected chi connectivity index (χ2v) is 9.00. The van der Waals surface area contributed by atoms with E-state index >= 15 is 0 Å². The summed E-state index contributed by atoms with van der Waals surface area (Å²) in [6, 6.07) is 25.9.